The number of carbonyl (C=O) groups is 2. The van der Waals surface area contributed by atoms with Crippen molar-refractivity contribution in [3.63, 3.8) is 0 Å². The van der Waals surface area contributed by atoms with E-state index in [0.29, 0.717) is 12.5 Å². The molecule has 0 aromatic heterocycles. The second kappa shape index (κ2) is 6.03. The number of carbonyl (C=O) groups excluding carboxylic acids is 2. The number of hydrogen-bond acceptors (Lipinski definition) is 2. The number of hydrogen-bond donors (Lipinski definition) is 1. The molecule has 1 saturated heterocycles. The first kappa shape index (κ1) is 13.1. The van der Waals surface area contributed by atoms with E-state index in [2.05, 4.69) is 5.32 Å². The van der Waals surface area contributed by atoms with Gasteiger partial charge in [-0.3, -0.25) is 9.59 Å². The minimum atomic E-state index is -0.0216. The highest BCUT2D eigenvalue weighted by molar-refractivity contribution is 5.88. The normalized spacial score (nSPS) is 24.3. The fourth-order valence-corrected chi connectivity index (χ4v) is 2.35. The molecule has 4 heteroatoms. The summed E-state index contributed by atoms with van der Waals surface area (Å²) in [4.78, 5) is 25.5. The molecule has 0 radical (unpaired) electrons. The van der Waals surface area contributed by atoms with Gasteiger partial charge in [-0.25, -0.2) is 0 Å². The third-order valence-corrected chi connectivity index (χ3v) is 3.67. The summed E-state index contributed by atoms with van der Waals surface area (Å²) in [6.45, 7) is 4.00. The van der Waals surface area contributed by atoms with Crippen molar-refractivity contribution in [2.75, 3.05) is 19.6 Å². The maximum Gasteiger partial charge on any atom is 0.246 e. The van der Waals surface area contributed by atoms with Gasteiger partial charge in [-0.05, 0) is 44.6 Å². The van der Waals surface area contributed by atoms with Crippen LogP contribution in [-0.4, -0.2) is 36.3 Å². The maximum absolute atomic E-state index is 12.0. The molecule has 1 N–H and O–H groups in total. The number of allylic oxidation sites excluding steroid dienone is 1. The van der Waals surface area contributed by atoms with E-state index in [-0.39, 0.29) is 17.7 Å². The van der Waals surface area contributed by atoms with Crippen LogP contribution in [-0.2, 0) is 9.59 Å². The first-order valence-corrected chi connectivity index (χ1v) is 6.90. The smallest absolute Gasteiger partial charge is 0.246 e. The Bertz CT molecular complexity index is 348. The summed E-state index contributed by atoms with van der Waals surface area (Å²) in [6.07, 6.45) is 7.64. The fourth-order valence-electron chi connectivity index (χ4n) is 2.35. The zero-order chi connectivity index (χ0) is 13.0. The van der Waals surface area contributed by atoms with E-state index in [1.165, 1.54) is 12.8 Å². The predicted molar refractivity (Wildman–Crippen MR) is 69.9 cm³/mol. The molecule has 0 aromatic rings. The highest BCUT2D eigenvalue weighted by Crippen LogP contribution is 2.27. The van der Waals surface area contributed by atoms with E-state index in [0.717, 1.165) is 25.9 Å². The van der Waals surface area contributed by atoms with Crippen molar-refractivity contribution in [2.24, 2.45) is 11.8 Å². The fraction of sp³-hybridized carbons (Fsp3) is 0.714. The van der Waals surface area contributed by atoms with Gasteiger partial charge in [0.05, 0.1) is 5.92 Å². The van der Waals surface area contributed by atoms with E-state index in [4.69, 9.17) is 0 Å². The molecule has 0 aromatic carbocycles. The Labute approximate surface area is 108 Å². The Kier molecular flexibility index (Phi) is 4.39. The van der Waals surface area contributed by atoms with Crippen molar-refractivity contribution in [1.29, 1.82) is 0 Å². The summed E-state index contributed by atoms with van der Waals surface area (Å²) >= 11 is 0. The molecule has 1 saturated carbocycles. The molecule has 1 heterocycles. The quantitative estimate of drug-likeness (QED) is 0.765. The van der Waals surface area contributed by atoms with Gasteiger partial charge in [-0.1, -0.05) is 6.08 Å². The van der Waals surface area contributed by atoms with E-state index < -0.39 is 0 Å². The largest absolute Gasteiger partial charge is 0.356 e. The third kappa shape index (κ3) is 3.59. The van der Waals surface area contributed by atoms with Gasteiger partial charge < -0.3 is 10.2 Å². The zero-order valence-electron chi connectivity index (χ0n) is 11.0. The molecule has 2 rings (SSSR count). The second-order valence-electron chi connectivity index (χ2n) is 5.31. The van der Waals surface area contributed by atoms with Crippen molar-refractivity contribution in [3.05, 3.63) is 12.2 Å². The number of rotatable bonds is 4. The van der Waals surface area contributed by atoms with Crippen molar-refractivity contribution >= 4 is 11.8 Å². The van der Waals surface area contributed by atoms with Crippen LogP contribution in [0, 0.1) is 11.8 Å². The van der Waals surface area contributed by atoms with Gasteiger partial charge in [0.25, 0.3) is 0 Å². The van der Waals surface area contributed by atoms with Gasteiger partial charge in [0, 0.05) is 19.6 Å². The number of piperidine rings is 1. The number of nitrogens with zero attached hydrogens (tertiary/aromatic N) is 1. The lowest BCUT2D eigenvalue weighted by molar-refractivity contribution is -0.132. The average Bonchev–Trinajstić information content (AvgIpc) is 3.20. The van der Waals surface area contributed by atoms with Crippen LogP contribution >= 0.6 is 0 Å². The topological polar surface area (TPSA) is 49.4 Å². The van der Waals surface area contributed by atoms with E-state index in [1.54, 1.807) is 17.1 Å². The predicted octanol–water partition coefficient (Wildman–Crippen LogP) is 1.33. The lowest BCUT2D eigenvalue weighted by atomic mass is 9.97. The Morgan fingerprint density at radius 3 is 2.78 bits per heavy atom. The first-order chi connectivity index (χ1) is 8.70. The van der Waals surface area contributed by atoms with Crippen molar-refractivity contribution in [2.45, 2.75) is 32.6 Å². The molecule has 2 fully saturated rings. The number of amides is 2. The summed E-state index contributed by atoms with van der Waals surface area (Å²) in [6, 6.07) is 0. The highest BCUT2D eigenvalue weighted by atomic mass is 16.2. The van der Waals surface area contributed by atoms with Gasteiger partial charge in [0.15, 0.2) is 0 Å². The molecular weight excluding hydrogens is 228 g/mol. The third-order valence-electron chi connectivity index (χ3n) is 3.67. The molecule has 0 bridgehead atoms. The molecule has 1 aliphatic heterocycles. The highest BCUT2D eigenvalue weighted by Gasteiger charge is 2.29. The second-order valence-corrected chi connectivity index (χ2v) is 5.31. The molecular formula is C14H22N2O2. The van der Waals surface area contributed by atoms with Crippen LogP contribution in [0.5, 0.6) is 0 Å². The van der Waals surface area contributed by atoms with Crippen LogP contribution in [0.1, 0.15) is 32.6 Å². The lowest BCUT2D eigenvalue weighted by Gasteiger charge is -2.31. The molecule has 0 spiro atoms. The zero-order valence-corrected chi connectivity index (χ0v) is 11.0. The summed E-state index contributed by atoms with van der Waals surface area (Å²) in [5.41, 5.74) is 0. The molecule has 4 nitrogen and oxygen atoms in total. The van der Waals surface area contributed by atoms with Crippen molar-refractivity contribution in [3.8, 4) is 0 Å². The standard InChI is InChI=1S/C14H22N2O2/c1-2-4-13(17)16-8-3-5-12(10-16)14(18)15-9-11-6-7-11/h2,4,11-12H,3,5-10H2,1H3,(H,15,18)/b4-2+/t12-/m0/s1. The Balaban J connectivity index is 1.81. The summed E-state index contributed by atoms with van der Waals surface area (Å²) in [5, 5.41) is 3.01. The van der Waals surface area contributed by atoms with E-state index in [9.17, 15) is 9.59 Å². The average molecular weight is 250 g/mol. The first-order valence-electron chi connectivity index (χ1n) is 6.90. The van der Waals surface area contributed by atoms with Crippen LogP contribution in [0.25, 0.3) is 0 Å². The molecule has 1 atom stereocenters. The van der Waals surface area contributed by atoms with Crippen LogP contribution < -0.4 is 5.32 Å². The van der Waals surface area contributed by atoms with Crippen molar-refractivity contribution in [1.82, 2.24) is 10.2 Å². The monoisotopic (exact) mass is 250 g/mol. The van der Waals surface area contributed by atoms with Gasteiger partial charge in [0.2, 0.25) is 11.8 Å². The SMILES string of the molecule is C/C=C/C(=O)N1CCC[C@H](C(=O)NCC2CC2)C1. The van der Waals surface area contributed by atoms with Gasteiger partial charge in [0.1, 0.15) is 0 Å². The molecule has 0 unspecified atom stereocenters. The maximum atomic E-state index is 12.0. The molecule has 2 amide bonds. The van der Waals surface area contributed by atoms with Crippen LogP contribution in [0.15, 0.2) is 12.2 Å². The Morgan fingerprint density at radius 1 is 1.33 bits per heavy atom. The summed E-state index contributed by atoms with van der Waals surface area (Å²) in [7, 11) is 0. The molecule has 18 heavy (non-hydrogen) atoms. The van der Waals surface area contributed by atoms with Gasteiger partial charge in [-0.15, -0.1) is 0 Å². The number of likely N-dealkylation sites (tertiary alicyclic amines) is 1. The summed E-state index contributed by atoms with van der Waals surface area (Å²) < 4.78 is 0. The van der Waals surface area contributed by atoms with Crippen LogP contribution in [0.3, 0.4) is 0 Å². The van der Waals surface area contributed by atoms with E-state index >= 15 is 0 Å². The Morgan fingerprint density at radius 2 is 2.11 bits per heavy atom. The van der Waals surface area contributed by atoms with Crippen LogP contribution in [0.4, 0.5) is 0 Å². The lowest BCUT2D eigenvalue weighted by Crippen LogP contribution is -2.45. The number of nitrogens with one attached hydrogen (secondary N) is 1. The summed E-state index contributed by atoms with van der Waals surface area (Å²) in [5.74, 6) is 0.835. The minimum absolute atomic E-state index is 0.0216. The van der Waals surface area contributed by atoms with Crippen LogP contribution in [0.2, 0.25) is 0 Å². The molecule has 1 aliphatic carbocycles. The minimum Gasteiger partial charge on any atom is -0.356 e. The van der Waals surface area contributed by atoms with Crippen molar-refractivity contribution < 1.29 is 9.59 Å². The van der Waals surface area contributed by atoms with Gasteiger partial charge >= 0.3 is 0 Å². The molecule has 100 valence electrons. The Hall–Kier alpha value is -1.32. The molecule has 2 aliphatic rings. The van der Waals surface area contributed by atoms with Gasteiger partial charge in [-0.2, -0.15) is 0 Å². The van der Waals surface area contributed by atoms with E-state index in [1.807, 2.05) is 6.92 Å².